The van der Waals surface area contributed by atoms with E-state index in [1.165, 1.54) is 4.31 Å². The van der Waals surface area contributed by atoms with Crippen molar-refractivity contribution < 1.29 is 22.7 Å². The van der Waals surface area contributed by atoms with Crippen molar-refractivity contribution in [2.24, 2.45) is 17.8 Å². The summed E-state index contributed by atoms with van der Waals surface area (Å²) < 4.78 is 40.2. The summed E-state index contributed by atoms with van der Waals surface area (Å²) in [7, 11) is -3.54. The number of rotatable bonds is 5. The van der Waals surface area contributed by atoms with Crippen molar-refractivity contribution in [2.75, 3.05) is 33.0 Å². The smallest absolute Gasteiger partial charge is 0.282 e. The number of carbonyl (C=O) groups is 1. The number of nitrogens with zero attached hydrogens (tertiary/aromatic N) is 2. The van der Waals surface area contributed by atoms with E-state index in [-0.39, 0.29) is 25.2 Å². The molecule has 0 aromatic heterocycles. The maximum absolute atomic E-state index is 13.2. The summed E-state index contributed by atoms with van der Waals surface area (Å²) in [6.07, 6.45) is 2.45. The average molecular weight is 438 g/mol. The molecule has 1 aromatic carbocycles. The van der Waals surface area contributed by atoms with Crippen LogP contribution in [0.5, 0.6) is 11.5 Å². The van der Waals surface area contributed by atoms with Gasteiger partial charge < -0.3 is 14.8 Å². The Morgan fingerprint density at radius 3 is 2.60 bits per heavy atom. The van der Waals surface area contributed by atoms with Gasteiger partial charge in [-0.15, -0.1) is 0 Å². The number of fused-ring (bicyclic) bond motifs is 1. The Balaban J connectivity index is 1.35. The maximum atomic E-state index is 13.2. The van der Waals surface area contributed by atoms with E-state index >= 15 is 0 Å². The van der Waals surface area contributed by atoms with Gasteiger partial charge in [-0.3, -0.25) is 4.79 Å². The minimum Gasteiger partial charge on any atom is -0.454 e. The lowest BCUT2D eigenvalue weighted by Crippen LogP contribution is -2.53. The number of nitrogens with one attached hydrogen (secondary N) is 1. The number of ether oxygens (including phenoxy) is 2. The molecule has 0 saturated carbocycles. The molecule has 2 fully saturated rings. The van der Waals surface area contributed by atoms with Crippen molar-refractivity contribution in [2.45, 2.75) is 39.7 Å². The lowest BCUT2D eigenvalue weighted by atomic mass is 9.94. The first-order chi connectivity index (χ1) is 14.3. The standard InChI is InChI=1S/C21H31N3O5S/c1-15-8-16(2)12-24(11-15)30(26,27)23-7-3-4-18(13-23)21(25)22-10-17-5-6-19-20(9-17)29-14-28-19/h5-6,9,15-16,18H,3-4,7-8,10-14H2,1-2H3,(H,22,25)/t15-,16+,18-/m0/s1. The summed E-state index contributed by atoms with van der Waals surface area (Å²) in [5, 5.41) is 2.96. The van der Waals surface area contributed by atoms with Crippen LogP contribution in [0.1, 0.15) is 38.7 Å². The van der Waals surface area contributed by atoms with E-state index in [1.54, 1.807) is 4.31 Å². The predicted octanol–water partition coefficient (Wildman–Crippen LogP) is 1.97. The summed E-state index contributed by atoms with van der Waals surface area (Å²) in [6.45, 7) is 6.63. The molecule has 166 valence electrons. The highest BCUT2D eigenvalue weighted by Crippen LogP contribution is 2.32. The van der Waals surface area contributed by atoms with E-state index in [0.717, 1.165) is 12.0 Å². The van der Waals surface area contributed by atoms with Crippen LogP contribution in [0, 0.1) is 17.8 Å². The SMILES string of the molecule is C[C@@H]1C[C@H](C)CN(S(=O)(=O)N2CCC[C@H](C(=O)NCc3ccc4c(c3)OCO4)C2)C1. The molecule has 1 N–H and O–H groups in total. The molecule has 3 heterocycles. The Bertz CT molecular complexity index is 881. The molecule has 30 heavy (non-hydrogen) atoms. The van der Waals surface area contributed by atoms with E-state index < -0.39 is 10.2 Å². The minimum atomic E-state index is -3.54. The fourth-order valence-corrected chi connectivity index (χ4v) is 6.65. The predicted molar refractivity (Wildman–Crippen MR) is 112 cm³/mol. The fraction of sp³-hybridized carbons (Fsp3) is 0.667. The Morgan fingerprint density at radius 1 is 1.10 bits per heavy atom. The van der Waals surface area contributed by atoms with Crippen molar-refractivity contribution in [3.05, 3.63) is 23.8 Å². The number of carbonyl (C=O) groups excluding carboxylic acids is 1. The molecular weight excluding hydrogens is 406 g/mol. The molecule has 0 unspecified atom stereocenters. The molecule has 3 aliphatic rings. The molecule has 1 amide bonds. The van der Waals surface area contributed by atoms with Crippen LogP contribution in [0.4, 0.5) is 0 Å². The number of amides is 1. The van der Waals surface area contributed by atoms with E-state index in [4.69, 9.17) is 9.47 Å². The Kier molecular flexibility index (Phi) is 6.22. The van der Waals surface area contributed by atoms with Crippen LogP contribution in [0.25, 0.3) is 0 Å². The summed E-state index contributed by atoms with van der Waals surface area (Å²) in [6, 6.07) is 5.59. The fourth-order valence-electron chi connectivity index (χ4n) is 4.71. The minimum absolute atomic E-state index is 0.104. The second-order valence-corrected chi connectivity index (χ2v) is 10.8. The Morgan fingerprint density at radius 2 is 1.83 bits per heavy atom. The third-order valence-electron chi connectivity index (χ3n) is 6.15. The highest BCUT2D eigenvalue weighted by molar-refractivity contribution is 7.86. The lowest BCUT2D eigenvalue weighted by Gasteiger charge is -2.39. The van der Waals surface area contributed by atoms with Crippen LogP contribution < -0.4 is 14.8 Å². The lowest BCUT2D eigenvalue weighted by molar-refractivity contribution is -0.126. The van der Waals surface area contributed by atoms with Crippen molar-refractivity contribution in [3.8, 4) is 11.5 Å². The number of piperidine rings is 2. The third-order valence-corrected chi connectivity index (χ3v) is 8.08. The largest absolute Gasteiger partial charge is 0.454 e. The molecule has 2 saturated heterocycles. The second-order valence-electron chi connectivity index (χ2n) is 8.87. The van der Waals surface area contributed by atoms with Gasteiger partial charge in [0.15, 0.2) is 11.5 Å². The molecule has 3 atom stereocenters. The van der Waals surface area contributed by atoms with Crippen LogP contribution in [0.2, 0.25) is 0 Å². The van der Waals surface area contributed by atoms with Gasteiger partial charge in [0.1, 0.15) is 0 Å². The van der Waals surface area contributed by atoms with Crippen LogP contribution >= 0.6 is 0 Å². The first-order valence-electron chi connectivity index (χ1n) is 10.7. The highest BCUT2D eigenvalue weighted by Gasteiger charge is 2.38. The van der Waals surface area contributed by atoms with Gasteiger partial charge in [-0.1, -0.05) is 19.9 Å². The monoisotopic (exact) mass is 437 g/mol. The van der Waals surface area contributed by atoms with Gasteiger partial charge in [0.05, 0.1) is 5.92 Å². The highest BCUT2D eigenvalue weighted by atomic mass is 32.2. The molecule has 8 nitrogen and oxygen atoms in total. The molecule has 0 radical (unpaired) electrons. The second kappa shape index (κ2) is 8.72. The Hall–Kier alpha value is -1.84. The van der Waals surface area contributed by atoms with Gasteiger partial charge in [-0.05, 0) is 48.8 Å². The zero-order chi connectivity index (χ0) is 21.3. The molecule has 0 aliphatic carbocycles. The number of hydrogen-bond donors (Lipinski definition) is 1. The normalized spacial score (nSPS) is 27.7. The molecular formula is C21H31N3O5S. The zero-order valence-corrected chi connectivity index (χ0v) is 18.5. The van der Waals surface area contributed by atoms with Gasteiger partial charge in [0.2, 0.25) is 12.7 Å². The van der Waals surface area contributed by atoms with Gasteiger partial charge in [0, 0.05) is 32.7 Å². The summed E-state index contributed by atoms with van der Waals surface area (Å²) in [4.78, 5) is 12.8. The van der Waals surface area contributed by atoms with Gasteiger partial charge in [0.25, 0.3) is 10.2 Å². The van der Waals surface area contributed by atoms with Gasteiger partial charge in [-0.2, -0.15) is 17.0 Å². The van der Waals surface area contributed by atoms with E-state index in [1.807, 2.05) is 18.2 Å². The molecule has 1 aromatic rings. The molecule has 0 spiro atoms. The molecule has 4 rings (SSSR count). The number of benzene rings is 1. The topological polar surface area (TPSA) is 88.2 Å². The maximum Gasteiger partial charge on any atom is 0.282 e. The van der Waals surface area contributed by atoms with Gasteiger partial charge in [-0.25, -0.2) is 0 Å². The Labute approximate surface area is 178 Å². The summed E-state index contributed by atoms with van der Waals surface area (Å²) >= 11 is 0. The van der Waals surface area contributed by atoms with Crippen LogP contribution in [0.15, 0.2) is 18.2 Å². The van der Waals surface area contributed by atoms with Gasteiger partial charge >= 0.3 is 0 Å². The third kappa shape index (κ3) is 4.58. The first kappa shape index (κ1) is 21.4. The molecule has 3 aliphatic heterocycles. The quantitative estimate of drug-likeness (QED) is 0.761. The van der Waals surface area contributed by atoms with Crippen molar-refractivity contribution in [3.63, 3.8) is 0 Å². The summed E-state index contributed by atoms with van der Waals surface area (Å²) in [5.74, 6) is 1.67. The van der Waals surface area contributed by atoms with Crippen molar-refractivity contribution >= 4 is 16.1 Å². The van der Waals surface area contributed by atoms with E-state index in [2.05, 4.69) is 19.2 Å². The van der Waals surface area contributed by atoms with Crippen LogP contribution in [0.3, 0.4) is 0 Å². The van der Waals surface area contributed by atoms with Crippen molar-refractivity contribution in [1.82, 2.24) is 13.9 Å². The van der Waals surface area contributed by atoms with Crippen LogP contribution in [-0.4, -0.2) is 55.9 Å². The molecule has 0 bridgehead atoms. The average Bonchev–Trinajstić information content (AvgIpc) is 3.19. The van der Waals surface area contributed by atoms with Crippen LogP contribution in [-0.2, 0) is 21.5 Å². The van der Waals surface area contributed by atoms with Crippen molar-refractivity contribution in [1.29, 1.82) is 0 Å². The zero-order valence-electron chi connectivity index (χ0n) is 17.7. The summed E-state index contributed by atoms with van der Waals surface area (Å²) in [5.41, 5.74) is 0.921. The number of hydrogen-bond acceptors (Lipinski definition) is 5. The van der Waals surface area contributed by atoms with E-state index in [9.17, 15) is 13.2 Å². The molecule has 9 heteroatoms. The van der Waals surface area contributed by atoms with E-state index in [0.29, 0.717) is 62.4 Å². The first-order valence-corrected chi connectivity index (χ1v) is 12.1.